The van der Waals surface area contributed by atoms with Gasteiger partial charge in [0.25, 0.3) is 0 Å². The monoisotopic (exact) mass is 443 g/mol. The van der Waals surface area contributed by atoms with E-state index in [1.807, 2.05) is 0 Å². The highest BCUT2D eigenvalue weighted by Crippen LogP contribution is 2.29. The summed E-state index contributed by atoms with van der Waals surface area (Å²) < 4.78 is 24.8. The second-order valence-corrected chi connectivity index (χ2v) is 8.63. The van der Waals surface area contributed by atoms with Crippen molar-refractivity contribution < 1.29 is 13.5 Å². The molecule has 2 rings (SSSR count). The van der Waals surface area contributed by atoms with Crippen molar-refractivity contribution in [2.75, 3.05) is 0 Å². The van der Waals surface area contributed by atoms with Gasteiger partial charge in [-0.3, -0.25) is 0 Å². The zero-order valence-corrected chi connectivity index (χ0v) is 15.5. The number of benzene rings is 1. The van der Waals surface area contributed by atoms with E-state index in [2.05, 4.69) is 20.9 Å². The van der Waals surface area contributed by atoms with E-state index in [9.17, 15) is 13.5 Å². The van der Waals surface area contributed by atoms with E-state index >= 15 is 0 Å². The molecule has 2 aromatic rings. The number of rotatable bonds is 4. The summed E-state index contributed by atoms with van der Waals surface area (Å²) in [4.78, 5) is 3.94. The van der Waals surface area contributed by atoms with E-state index in [1.54, 1.807) is 0 Å². The lowest BCUT2D eigenvalue weighted by molar-refractivity contribution is 0.465. The van der Waals surface area contributed by atoms with Crippen molar-refractivity contribution >= 4 is 60.6 Å². The molecule has 9 heteroatoms. The molecule has 1 N–H and O–H groups in total. The van der Waals surface area contributed by atoms with Gasteiger partial charge in [0.2, 0.25) is 0 Å². The van der Waals surface area contributed by atoms with Crippen molar-refractivity contribution in [3.05, 3.63) is 55.2 Å². The Hall–Kier alpha value is -0.530. The highest BCUT2D eigenvalue weighted by atomic mass is 79.9. The normalized spacial score (nSPS) is 11.6. The highest BCUT2D eigenvalue weighted by Gasteiger charge is 2.19. The molecule has 0 radical (unpaired) electrons. The number of nitrogens with zero attached hydrogens (tertiary/aromatic N) is 1. The molecular formula is C13H9BrCl3NO3S. The summed E-state index contributed by atoms with van der Waals surface area (Å²) in [6.45, 7) is 0. The number of aromatic nitrogens is 1. The van der Waals surface area contributed by atoms with Gasteiger partial charge in [0.05, 0.1) is 22.2 Å². The molecular weight excluding hydrogens is 436 g/mol. The molecule has 0 aliphatic heterocycles. The van der Waals surface area contributed by atoms with Crippen LogP contribution in [0.2, 0.25) is 15.1 Å². The molecule has 0 bridgehead atoms. The summed E-state index contributed by atoms with van der Waals surface area (Å²) in [6.07, 6.45) is 0. The van der Waals surface area contributed by atoms with Crippen molar-refractivity contribution in [1.82, 2.24) is 4.98 Å². The Morgan fingerprint density at radius 3 is 2.23 bits per heavy atom. The van der Waals surface area contributed by atoms with Crippen LogP contribution in [0.3, 0.4) is 0 Å². The fourth-order valence-electron chi connectivity index (χ4n) is 1.81. The van der Waals surface area contributed by atoms with Gasteiger partial charge >= 0.3 is 0 Å². The molecule has 118 valence electrons. The van der Waals surface area contributed by atoms with E-state index in [-0.39, 0.29) is 26.8 Å². The Morgan fingerprint density at radius 1 is 1.05 bits per heavy atom. The SMILES string of the molecule is O=S(=O)(Cc1cc(Cl)cc(Cl)c1)Cc1nc(Br)c(Cl)cc1O. The number of sulfone groups is 1. The predicted molar refractivity (Wildman–Crippen MR) is 91.4 cm³/mol. The number of hydrogen-bond donors (Lipinski definition) is 1. The first-order valence-electron chi connectivity index (χ1n) is 5.85. The van der Waals surface area contributed by atoms with Crippen molar-refractivity contribution in [3.63, 3.8) is 0 Å². The van der Waals surface area contributed by atoms with Crippen LogP contribution in [-0.4, -0.2) is 18.5 Å². The summed E-state index contributed by atoms with van der Waals surface area (Å²) in [6, 6.07) is 5.80. The van der Waals surface area contributed by atoms with Gasteiger partial charge in [-0.25, -0.2) is 13.4 Å². The maximum Gasteiger partial charge on any atom is 0.160 e. The molecule has 4 nitrogen and oxygen atoms in total. The van der Waals surface area contributed by atoms with E-state index in [1.165, 1.54) is 24.3 Å². The number of pyridine rings is 1. The minimum absolute atomic E-state index is 0.0180. The van der Waals surface area contributed by atoms with Crippen LogP contribution in [0.1, 0.15) is 11.3 Å². The lowest BCUT2D eigenvalue weighted by Gasteiger charge is -2.08. The average Bonchev–Trinajstić information content (AvgIpc) is 2.33. The number of halogens is 4. The van der Waals surface area contributed by atoms with Crippen LogP contribution in [0.25, 0.3) is 0 Å². The third-order valence-corrected chi connectivity index (χ3v) is 5.70. The molecule has 1 heterocycles. The maximum absolute atomic E-state index is 12.3. The van der Waals surface area contributed by atoms with Gasteiger partial charge in [0, 0.05) is 16.1 Å². The molecule has 0 fully saturated rings. The molecule has 0 saturated heterocycles. The molecule has 22 heavy (non-hydrogen) atoms. The topological polar surface area (TPSA) is 67.3 Å². The fraction of sp³-hybridized carbons (Fsp3) is 0.154. The van der Waals surface area contributed by atoms with E-state index in [4.69, 9.17) is 34.8 Å². The minimum atomic E-state index is -3.58. The van der Waals surface area contributed by atoms with Crippen LogP contribution in [0.5, 0.6) is 5.75 Å². The first-order chi connectivity index (χ1) is 10.2. The van der Waals surface area contributed by atoms with Crippen molar-refractivity contribution in [2.45, 2.75) is 11.5 Å². The third kappa shape index (κ3) is 4.73. The van der Waals surface area contributed by atoms with E-state index in [0.717, 1.165) is 0 Å². The Balaban J connectivity index is 2.26. The van der Waals surface area contributed by atoms with E-state index in [0.29, 0.717) is 15.6 Å². The molecule has 0 aliphatic carbocycles. The standard InChI is InChI=1S/C13H9BrCl3NO3S/c14-13-10(17)4-12(19)11(18-13)6-22(20,21)5-7-1-8(15)3-9(16)2-7/h1-4,19H,5-6H2. The fourth-order valence-corrected chi connectivity index (χ4v) is 4.26. The Bertz CT molecular complexity index is 807. The van der Waals surface area contributed by atoms with Gasteiger partial charge in [-0.2, -0.15) is 0 Å². The minimum Gasteiger partial charge on any atom is -0.506 e. The smallest absolute Gasteiger partial charge is 0.160 e. The zero-order chi connectivity index (χ0) is 16.5. The van der Waals surface area contributed by atoms with Crippen LogP contribution in [0.15, 0.2) is 28.9 Å². The summed E-state index contributed by atoms with van der Waals surface area (Å²) >= 11 is 20.6. The second kappa shape index (κ2) is 6.93. The summed E-state index contributed by atoms with van der Waals surface area (Å²) in [5.74, 6) is -0.978. The van der Waals surface area contributed by atoms with Crippen LogP contribution in [0.4, 0.5) is 0 Å². The van der Waals surface area contributed by atoms with Gasteiger partial charge < -0.3 is 5.11 Å². The van der Waals surface area contributed by atoms with Crippen molar-refractivity contribution in [2.24, 2.45) is 0 Å². The number of aromatic hydroxyl groups is 1. The zero-order valence-electron chi connectivity index (χ0n) is 10.9. The molecule has 0 amide bonds. The van der Waals surface area contributed by atoms with Gasteiger partial charge in [-0.1, -0.05) is 34.8 Å². The van der Waals surface area contributed by atoms with Crippen LogP contribution in [-0.2, 0) is 21.3 Å². The lowest BCUT2D eigenvalue weighted by atomic mass is 10.2. The Labute approximate surface area is 151 Å². The van der Waals surface area contributed by atoms with Crippen molar-refractivity contribution in [1.29, 1.82) is 0 Å². The molecule has 0 spiro atoms. The van der Waals surface area contributed by atoms with Gasteiger partial charge in [0.15, 0.2) is 9.84 Å². The predicted octanol–water partition coefficient (Wildman–Crippen LogP) is 4.62. The lowest BCUT2D eigenvalue weighted by Crippen LogP contribution is -2.09. The largest absolute Gasteiger partial charge is 0.506 e. The van der Waals surface area contributed by atoms with Crippen LogP contribution >= 0.6 is 50.7 Å². The number of hydrogen-bond acceptors (Lipinski definition) is 4. The Morgan fingerprint density at radius 2 is 1.64 bits per heavy atom. The van der Waals surface area contributed by atoms with Crippen LogP contribution in [0, 0.1) is 0 Å². The molecule has 1 aromatic carbocycles. The third-order valence-electron chi connectivity index (χ3n) is 2.65. The van der Waals surface area contributed by atoms with Gasteiger partial charge in [-0.05, 0) is 39.7 Å². The summed E-state index contributed by atoms with van der Waals surface area (Å²) in [5.41, 5.74) is 0.481. The first-order valence-corrected chi connectivity index (χ1v) is 9.60. The van der Waals surface area contributed by atoms with Gasteiger partial charge in [-0.15, -0.1) is 0 Å². The summed E-state index contributed by atoms with van der Waals surface area (Å²) in [7, 11) is -3.58. The molecule has 0 unspecified atom stereocenters. The second-order valence-electron chi connectivity index (χ2n) is 4.54. The molecule has 0 saturated carbocycles. The van der Waals surface area contributed by atoms with Gasteiger partial charge in [0.1, 0.15) is 10.4 Å². The Kier molecular flexibility index (Phi) is 5.61. The average molecular weight is 446 g/mol. The van der Waals surface area contributed by atoms with Crippen LogP contribution < -0.4 is 0 Å². The maximum atomic E-state index is 12.3. The first kappa shape index (κ1) is 17.8. The molecule has 0 atom stereocenters. The van der Waals surface area contributed by atoms with Crippen molar-refractivity contribution in [3.8, 4) is 5.75 Å². The molecule has 0 aliphatic rings. The highest BCUT2D eigenvalue weighted by molar-refractivity contribution is 9.10. The quantitative estimate of drug-likeness (QED) is 0.697. The summed E-state index contributed by atoms with van der Waals surface area (Å²) in [5, 5.41) is 10.7. The van der Waals surface area contributed by atoms with E-state index < -0.39 is 15.6 Å². The molecule has 1 aromatic heterocycles.